The molecule has 0 aliphatic carbocycles. The molecule has 120 valence electrons. The van der Waals surface area contributed by atoms with E-state index in [-0.39, 0.29) is 6.03 Å². The zero-order valence-electron chi connectivity index (χ0n) is 12.5. The first-order valence-corrected chi connectivity index (χ1v) is 7.57. The highest BCUT2D eigenvalue weighted by Gasteiger charge is 2.04. The van der Waals surface area contributed by atoms with Gasteiger partial charge in [0.25, 0.3) is 0 Å². The van der Waals surface area contributed by atoms with Crippen molar-refractivity contribution in [2.24, 2.45) is 5.73 Å². The second kappa shape index (κ2) is 8.19. The highest BCUT2D eigenvalue weighted by atomic mass is 35.5. The predicted molar refractivity (Wildman–Crippen MR) is 90.4 cm³/mol. The van der Waals surface area contributed by atoms with E-state index in [0.29, 0.717) is 30.1 Å². The van der Waals surface area contributed by atoms with Gasteiger partial charge in [-0.25, -0.2) is 4.79 Å². The molecule has 0 aromatic heterocycles. The molecule has 0 bridgehead atoms. The summed E-state index contributed by atoms with van der Waals surface area (Å²) in [6, 6.07) is 14.1. The van der Waals surface area contributed by atoms with Crippen LogP contribution < -0.4 is 16.4 Å². The van der Waals surface area contributed by atoms with Crippen molar-refractivity contribution < 1.29 is 9.59 Å². The zero-order chi connectivity index (χ0) is 16.7. The molecule has 0 heterocycles. The molecule has 6 heteroatoms. The van der Waals surface area contributed by atoms with E-state index in [1.165, 1.54) is 0 Å². The lowest BCUT2D eigenvalue weighted by Crippen LogP contribution is -2.36. The third kappa shape index (κ3) is 5.64. The van der Waals surface area contributed by atoms with Crippen LogP contribution >= 0.6 is 11.6 Å². The van der Waals surface area contributed by atoms with Crippen LogP contribution in [0.2, 0.25) is 5.02 Å². The maximum atomic E-state index is 11.8. The van der Waals surface area contributed by atoms with E-state index >= 15 is 0 Å². The number of carbonyl (C=O) groups excluding carboxylic acids is 2. The van der Waals surface area contributed by atoms with Gasteiger partial charge in [-0.05, 0) is 41.8 Å². The number of benzene rings is 2. The van der Waals surface area contributed by atoms with Crippen molar-refractivity contribution in [3.05, 3.63) is 70.2 Å². The van der Waals surface area contributed by atoms with Gasteiger partial charge < -0.3 is 16.4 Å². The van der Waals surface area contributed by atoms with Crippen molar-refractivity contribution in [3.8, 4) is 0 Å². The smallest absolute Gasteiger partial charge is 0.315 e. The monoisotopic (exact) mass is 331 g/mol. The Morgan fingerprint density at radius 1 is 1.00 bits per heavy atom. The van der Waals surface area contributed by atoms with Gasteiger partial charge in [0.1, 0.15) is 0 Å². The number of carbonyl (C=O) groups is 2. The van der Waals surface area contributed by atoms with Crippen LogP contribution in [0.25, 0.3) is 0 Å². The summed E-state index contributed by atoms with van der Waals surface area (Å²) in [5.74, 6) is -0.488. The van der Waals surface area contributed by atoms with Crippen LogP contribution in [0.3, 0.4) is 0 Å². The number of nitrogens with one attached hydrogen (secondary N) is 2. The molecule has 23 heavy (non-hydrogen) atoms. The lowest BCUT2D eigenvalue weighted by atomic mass is 10.1. The Morgan fingerprint density at radius 2 is 1.74 bits per heavy atom. The van der Waals surface area contributed by atoms with E-state index in [1.54, 1.807) is 18.2 Å². The van der Waals surface area contributed by atoms with E-state index in [9.17, 15) is 9.59 Å². The van der Waals surface area contributed by atoms with Gasteiger partial charge in [0, 0.05) is 23.7 Å². The summed E-state index contributed by atoms with van der Waals surface area (Å²) in [7, 11) is 0. The standard InChI is InChI=1S/C17H18ClN3O2/c18-15-6-2-3-12(10-15)7-8-20-17(23)21-11-13-4-1-5-14(9-13)16(19)22/h1-6,9-10H,7-8,11H2,(H2,19,22)(H2,20,21,23). The third-order valence-electron chi connectivity index (χ3n) is 3.25. The lowest BCUT2D eigenvalue weighted by Gasteiger charge is -2.08. The fourth-order valence-corrected chi connectivity index (χ4v) is 2.31. The average molecular weight is 332 g/mol. The first-order valence-electron chi connectivity index (χ1n) is 7.19. The number of rotatable bonds is 6. The van der Waals surface area contributed by atoms with Crippen molar-refractivity contribution in [1.29, 1.82) is 0 Å². The number of amides is 3. The highest BCUT2D eigenvalue weighted by Crippen LogP contribution is 2.10. The summed E-state index contributed by atoms with van der Waals surface area (Å²) in [6.07, 6.45) is 0.700. The molecule has 3 amide bonds. The van der Waals surface area contributed by atoms with Gasteiger partial charge in [-0.3, -0.25) is 4.79 Å². The van der Waals surface area contributed by atoms with E-state index in [4.69, 9.17) is 17.3 Å². The van der Waals surface area contributed by atoms with Gasteiger partial charge >= 0.3 is 6.03 Å². The van der Waals surface area contributed by atoms with Gasteiger partial charge in [0.2, 0.25) is 5.91 Å². The Morgan fingerprint density at radius 3 is 2.48 bits per heavy atom. The average Bonchev–Trinajstić information content (AvgIpc) is 2.53. The molecular formula is C17H18ClN3O2. The maximum absolute atomic E-state index is 11.8. The molecule has 0 aliphatic rings. The summed E-state index contributed by atoms with van der Waals surface area (Å²) in [5.41, 5.74) is 7.52. The topological polar surface area (TPSA) is 84.2 Å². The van der Waals surface area contributed by atoms with Crippen LogP contribution in [0, 0.1) is 0 Å². The van der Waals surface area contributed by atoms with Crippen LogP contribution in [0.5, 0.6) is 0 Å². The molecule has 2 aromatic rings. The van der Waals surface area contributed by atoms with Gasteiger partial charge in [0.05, 0.1) is 0 Å². The summed E-state index contributed by atoms with van der Waals surface area (Å²) < 4.78 is 0. The Kier molecular flexibility index (Phi) is 6.00. The van der Waals surface area contributed by atoms with E-state index < -0.39 is 5.91 Å². The quantitative estimate of drug-likeness (QED) is 0.759. The summed E-state index contributed by atoms with van der Waals surface area (Å²) in [6.45, 7) is 0.831. The van der Waals surface area contributed by atoms with Gasteiger partial charge in [-0.1, -0.05) is 35.9 Å². The molecular weight excluding hydrogens is 314 g/mol. The normalized spacial score (nSPS) is 10.1. The van der Waals surface area contributed by atoms with Crippen LogP contribution in [-0.2, 0) is 13.0 Å². The minimum absolute atomic E-state index is 0.267. The van der Waals surface area contributed by atoms with E-state index in [0.717, 1.165) is 11.1 Å². The fraction of sp³-hybridized carbons (Fsp3) is 0.176. The van der Waals surface area contributed by atoms with Crippen LogP contribution in [0.15, 0.2) is 48.5 Å². The molecule has 2 aromatic carbocycles. The molecule has 0 atom stereocenters. The molecule has 0 aliphatic heterocycles. The maximum Gasteiger partial charge on any atom is 0.315 e. The number of hydrogen-bond donors (Lipinski definition) is 3. The second-order valence-electron chi connectivity index (χ2n) is 5.05. The summed E-state index contributed by atoms with van der Waals surface area (Å²) in [5, 5.41) is 6.19. The molecule has 0 fully saturated rings. The number of halogens is 1. The highest BCUT2D eigenvalue weighted by molar-refractivity contribution is 6.30. The summed E-state index contributed by atoms with van der Waals surface area (Å²) in [4.78, 5) is 22.9. The second-order valence-corrected chi connectivity index (χ2v) is 5.49. The van der Waals surface area contributed by atoms with Gasteiger partial charge in [-0.2, -0.15) is 0 Å². The molecule has 0 spiro atoms. The van der Waals surface area contributed by atoms with Gasteiger partial charge in [-0.15, -0.1) is 0 Å². The molecule has 0 radical (unpaired) electrons. The fourth-order valence-electron chi connectivity index (χ4n) is 2.09. The zero-order valence-corrected chi connectivity index (χ0v) is 13.3. The Bertz CT molecular complexity index is 704. The van der Waals surface area contributed by atoms with Crippen LogP contribution in [-0.4, -0.2) is 18.5 Å². The lowest BCUT2D eigenvalue weighted by molar-refractivity contribution is 0.1000. The first-order chi connectivity index (χ1) is 11.0. The number of nitrogens with two attached hydrogens (primary N) is 1. The third-order valence-corrected chi connectivity index (χ3v) is 3.49. The SMILES string of the molecule is NC(=O)c1cccc(CNC(=O)NCCc2cccc(Cl)c2)c1. The summed E-state index contributed by atoms with van der Waals surface area (Å²) >= 11 is 5.91. The minimum atomic E-state index is -0.488. The van der Waals surface area contributed by atoms with E-state index in [1.807, 2.05) is 30.3 Å². The molecule has 0 saturated carbocycles. The number of urea groups is 1. The number of hydrogen-bond acceptors (Lipinski definition) is 2. The number of primary amides is 1. The molecule has 4 N–H and O–H groups in total. The Balaban J connectivity index is 1.75. The van der Waals surface area contributed by atoms with E-state index in [2.05, 4.69) is 10.6 Å². The molecule has 0 saturated heterocycles. The van der Waals surface area contributed by atoms with Crippen molar-refractivity contribution in [3.63, 3.8) is 0 Å². The van der Waals surface area contributed by atoms with Crippen LogP contribution in [0.1, 0.15) is 21.5 Å². The molecule has 0 unspecified atom stereocenters. The van der Waals surface area contributed by atoms with Crippen molar-refractivity contribution in [2.75, 3.05) is 6.54 Å². The van der Waals surface area contributed by atoms with Crippen molar-refractivity contribution in [1.82, 2.24) is 10.6 Å². The minimum Gasteiger partial charge on any atom is -0.366 e. The molecule has 2 rings (SSSR count). The van der Waals surface area contributed by atoms with Crippen LogP contribution in [0.4, 0.5) is 4.79 Å². The Labute approximate surface area is 139 Å². The van der Waals surface area contributed by atoms with Crippen molar-refractivity contribution >= 4 is 23.5 Å². The van der Waals surface area contributed by atoms with Gasteiger partial charge in [0.15, 0.2) is 0 Å². The largest absolute Gasteiger partial charge is 0.366 e. The first kappa shape index (κ1) is 16.8. The van der Waals surface area contributed by atoms with Crippen molar-refractivity contribution in [2.45, 2.75) is 13.0 Å². The predicted octanol–water partition coefficient (Wildman–Crippen LogP) is 2.48. The Hall–Kier alpha value is -2.53. The molecule has 5 nitrogen and oxygen atoms in total.